The molecule has 1 aliphatic rings. The molecule has 3 aromatic rings. The number of hydrogen-bond donors (Lipinski definition) is 2. The van der Waals surface area contributed by atoms with Crippen molar-refractivity contribution in [3.8, 4) is 0 Å². The van der Waals surface area contributed by atoms with Gasteiger partial charge in [0.1, 0.15) is 23.4 Å². The number of piperazine rings is 1. The number of rotatable bonds is 14. The fraction of sp³-hybridized carbons (Fsp3) is 0.471. The number of amides is 3. The van der Waals surface area contributed by atoms with E-state index in [1.54, 1.807) is 31.7 Å². The van der Waals surface area contributed by atoms with Crippen molar-refractivity contribution in [2.24, 2.45) is 5.92 Å². The Bertz CT molecular complexity index is 1590. The molecule has 12 nitrogen and oxygen atoms in total. The SMILES string of the molecule is CCC(=O)N[C@@H](C(=O)N1CCN(C)CC1)[C@@H](C)c1ccc(NC(=O)C(CC(=O)c2nonc2CC)C(OC)c2ccc(F)cc2)c(F)c1. The second-order valence-electron chi connectivity index (χ2n) is 11.9. The molecule has 0 radical (unpaired) electrons. The van der Waals surface area contributed by atoms with Crippen LogP contribution in [0.2, 0.25) is 0 Å². The number of carbonyl (C=O) groups is 4. The Hall–Kier alpha value is -4.56. The number of likely N-dealkylation sites (N-methyl/N-ethyl adjacent to an activating group) is 1. The molecule has 1 fully saturated rings. The van der Waals surface area contributed by atoms with Crippen LogP contribution in [0.3, 0.4) is 0 Å². The Morgan fingerprint density at radius 1 is 0.979 bits per heavy atom. The first kappa shape index (κ1) is 36.3. The van der Waals surface area contributed by atoms with Crippen LogP contribution in [0.25, 0.3) is 0 Å². The van der Waals surface area contributed by atoms with Crippen molar-refractivity contribution >= 4 is 29.2 Å². The Morgan fingerprint density at radius 2 is 1.65 bits per heavy atom. The zero-order chi connectivity index (χ0) is 35.0. The number of ketones is 1. The standard InChI is InChI=1S/C34H42F2N6O6/c1-6-26-31(40-48-39-26)28(43)19-24(32(47-5)21-8-11-23(35)12-9-21)33(45)37-27-13-10-22(18-25(27)36)20(3)30(38-29(44)7-2)34(46)42-16-14-41(4)15-17-42/h8-13,18,20,24,30,32H,6-7,14-17,19H2,1-5H3,(H,37,45)(H,38,44)/t20-,24?,30+,32?/m0/s1. The van der Waals surface area contributed by atoms with Crippen LogP contribution < -0.4 is 10.6 Å². The zero-order valence-corrected chi connectivity index (χ0v) is 27.8. The number of nitrogens with one attached hydrogen (secondary N) is 2. The molecule has 0 saturated carbocycles. The first-order valence-corrected chi connectivity index (χ1v) is 16.0. The van der Waals surface area contributed by atoms with Crippen molar-refractivity contribution in [2.45, 2.75) is 58.1 Å². The van der Waals surface area contributed by atoms with Gasteiger partial charge in [0.05, 0.1) is 17.7 Å². The van der Waals surface area contributed by atoms with Crippen molar-refractivity contribution < 1.29 is 37.3 Å². The van der Waals surface area contributed by atoms with Gasteiger partial charge in [0.25, 0.3) is 0 Å². The van der Waals surface area contributed by atoms with Gasteiger partial charge in [-0.2, -0.15) is 0 Å². The molecule has 3 amide bonds. The van der Waals surface area contributed by atoms with E-state index in [4.69, 9.17) is 9.37 Å². The highest BCUT2D eigenvalue weighted by atomic mass is 19.1. The molecule has 48 heavy (non-hydrogen) atoms. The smallest absolute Gasteiger partial charge is 0.245 e. The summed E-state index contributed by atoms with van der Waals surface area (Å²) in [6.07, 6.45) is -0.861. The Kier molecular flexibility index (Phi) is 12.5. The lowest BCUT2D eigenvalue weighted by Gasteiger charge is -2.36. The molecule has 1 aromatic heterocycles. The van der Waals surface area contributed by atoms with Crippen molar-refractivity contribution in [3.63, 3.8) is 0 Å². The molecular formula is C34H42F2N6O6. The van der Waals surface area contributed by atoms with E-state index in [-0.39, 0.29) is 29.6 Å². The van der Waals surface area contributed by atoms with E-state index >= 15 is 4.39 Å². The second kappa shape index (κ2) is 16.5. The molecule has 0 spiro atoms. The quantitative estimate of drug-likeness (QED) is 0.244. The first-order chi connectivity index (χ1) is 23.0. The van der Waals surface area contributed by atoms with Gasteiger partial charge in [0.15, 0.2) is 11.5 Å². The van der Waals surface area contributed by atoms with Gasteiger partial charge in [0, 0.05) is 52.0 Å². The van der Waals surface area contributed by atoms with Crippen molar-refractivity contribution in [1.29, 1.82) is 0 Å². The normalized spacial score (nSPS) is 16.1. The number of benzene rings is 2. The van der Waals surface area contributed by atoms with Crippen LogP contribution >= 0.6 is 0 Å². The van der Waals surface area contributed by atoms with Crippen LogP contribution in [0.15, 0.2) is 47.1 Å². The molecule has 0 aliphatic carbocycles. The third-order valence-corrected chi connectivity index (χ3v) is 8.71. The number of hydrogen-bond acceptors (Lipinski definition) is 9. The summed E-state index contributed by atoms with van der Waals surface area (Å²) in [5.41, 5.74) is 0.998. The molecule has 14 heteroatoms. The minimum absolute atomic E-state index is 0.0235. The lowest BCUT2D eigenvalue weighted by atomic mass is 9.88. The monoisotopic (exact) mass is 668 g/mol. The van der Waals surface area contributed by atoms with Crippen LogP contribution in [-0.2, 0) is 25.5 Å². The van der Waals surface area contributed by atoms with E-state index in [0.29, 0.717) is 49.4 Å². The minimum atomic E-state index is -1.19. The van der Waals surface area contributed by atoms with E-state index < -0.39 is 53.7 Å². The summed E-state index contributed by atoms with van der Waals surface area (Å²) in [5, 5.41) is 12.8. The topological polar surface area (TPSA) is 147 Å². The van der Waals surface area contributed by atoms with Crippen molar-refractivity contribution in [1.82, 2.24) is 25.4 Å². The van der Waals surface area contributed by atoms with Gasteiger partial charge in [-0.25, -0.2) is 13.4 Å². The number of halogens is 2. The summed E-state index contributed by atoms with van der Waals surface area (Å²) < 4.78 is 39.8. The lowest BCUT2D eigenvalue weighted by Crippen LogP contribution is -2.55. The van der Waals surface area contributed by atoms with Crippen molar-refractivity contribution in [2.75, 3.05) is 45.7 Å². The van der Waals surface area contributed by atoms with Gasteiger partial charge in [0.2, 0.25) is 17.7 Å². The van der Waals surface area contributed by atoms with E-state index in [2.05, 4.69) is 25.8 Å². The summed E-state index contributed by atoms with van der Waals surface area (Å²) in [5.74, 6) is -4.89. The molecule has 2 heterocycles. The highest BCUT2D eigenvalue weighted by molar-refractivity contribution is 6.01. The average molecular weight is 669 g/mol. The Morgan fingerprint density at radius 3 is 2.25 bits per heavy atom. The third kappa shape index (κ3) is 8.66. The van der Waals surface area contributed by atoms with Gasteiger partial charge in [-0.1, -0.05) is 44.1 Å². The van der Waals surface area contributed by atoms with Crippen LogP contribution in [0.5, 0.6) is 0 Å². The number of anilines is 1. The predicted molar refractivity (Wildman–Crippen MR) is 172 cm³/mol. The lowest BCUT2D eigenvalue weighted by molar-refractivity contribution is -0.138. The maximum Gasteiger partial charge on any atom is 0.245 e. The van der Waals surface area contributed by atoms with E-state index in [0.717, 1.165) is 0 Å². The molecule has 4 atom stereocenters. The Balaban J connectivity index is 1.59. The minimum Gasteiger partial charge on any atom is -0.376 e. The number of nitrogens with zero attached hydrogens (tertiary/aromatic N) is 4. The maximum atomic E-state index is 15.7. The molecule has 1 aliphatic heterocycles. The fourth-order valence-electron chi connectivity index (χ4n) is 5.70. The molecule has 1 saturated heterocycles. The maximum absolute atomic E-state index is 15.7. The number of aryl methyl sites for hydroxylation is 1. The van der Waals surface area contributed by atoms with E-state index in [1.807, 2.05) is 7.05 Å². The molecule has 0 bridgehead atoms. The van der Waals surface area contributed by atoms with E-state index in [1.165, 1.54) is 43.5 Å². The van der Waals surface area contributed by atoms with Crippen LogP contribution in [0.1, 0.15) is 72.9 Å². The highest BCUT2D eigenvalue weighted by Crippen LogP contribution is 2.32. The number of methoxy groups -OCH3 is 1. The van der Waals surface area contributed by atoms with Gasteiger partial charge in [-0.05, 0) is 54.0 Å². The van der Waals surface area contributed by atoms with Crippen LogP contribution in [-0.4, -0.2) is 90.0 Å². The number of aromatic nitrogens is 2. The largest absolute Gasteiger partial charge is 0.376 e. The van der Waals surface area contributed by atoms with Gasteiger partial charge in [-0.15, -0.1) is 0 Å². The number of ether oxygens (including phenoxy) is 1. The highest BCUT2D eigenvalue weighted by Gasteiger charge is 2.36. The van der Waals surface area contributed by atoms with Gasteiger partial charge in [-0.3, -0.25) is 19.2 Å². The summed E-state index contributed by atoms with van der Waals surface area (Å²) in [4.78, 5) is 56.9. The average Bonchev–Trinajstić information content (AvgIpc) is 3.57. The van der Waals surface area contributed by atoms with E-state index in [9.17, 15) is 23.6 Å². The number of carbonyl (C=O) groups excluding carboxylic acids is 4. The molecule has 258 valence electrons. The molecule has 2 aromatic carbocycles. The first-order valence-electron chi connectivity index (χ1n) is 16.0. The third-order valence-electron chi connectivity index (χ3n) is 8.71. The number of Topliss-reactive ketones (excluding diaryl/α,β-unsaturated/α-hetero) is 1. The summed E-state index contributed by atoms with van der Waals surface area (Å²) in [6, 6.07) is 8.54. The van der Waals surface area contributed by atoms with Gasteiger partial charge < -0.3 is 25.2 Å². The van der Waals surface area contributed by atoms with Crippen molar-refractivity contribution in [3.05, 3.63) is 76.6 Å². The fourth-order valence-corrected chi connectivity index (χ4v) is 5.70. The summed E-state index contributed by atoms with van der Waals surface area (Å²) in [6.45, 7) is 7.61. The summed E-state index contributed by atoms with van der Waals surface area (Å²) in [7, 11) is 3.32. The second-order valence-corrected chi connectivity index (χ2v) is 11.9. The molecular weight excluding hydrogens is 626 g/mol. The Labute approximate surface area is 278 Å². The van der Waals surface area contributed by atoms with Crippen LogP contribution in [0, 0.1) is 17.6 Å². The van der Waals surface area contributed by atoms with Crippen LogP contribution in [0.4, 0.5) is 14.5 Å². The zero-order valence-electron chi connectivity index (χ0n) is 27.8. The molecule has 2 unspecified atom stereocenters. The van der Waals surface area contributed by atoms with Gasteiger partial charge >= 0.3 is 0 Å². The summed E-state index contributed by atoms with van der Waals surface area (Å²) >= 11 is 0. The molecule has 2 N–H and O–H groups in total. The molecule has 4 rings (SSSR count). The predicted octanol–water partition coefficient (Wildman–Crippen LogP) is 3.90.